The van der Waals surface area contributed by atoms with Crippen LogP contribution in [0.3, 0.4) is 0 Å². The van der Waals surface area contributed by atoms with Gasteiger partial charge >= 0.3 is 0 Å². The Labute approximate surface area is 83.0 Å². The Balaban J connectivity index is 2.21. The van der Waals surface area contributed by atoms with Gasteiger partial charge in [0.15, 0.2) is 5.96 Å². The number of ether oxygens (including phenoxy) is 1. The van der Waals surface area contributed by atoms with Gasteiger partial charge < -0.3 is 15.4 Å². The number of hydrogen-bond donors (Lipinski definition) is 1. The van der Waals surface area contributed by atoms with E-state index in [2.05, 4.69) is 4.99 Å². The van der Waals surface area contributed by atoms with Gasteiger partial charge in [-0.2, -0.15) is 0 Å². The Morgan fingerprint density at radius 2 is 2.07 bits per heavy atom. The Hall–Kier alpha value is -1.71. The predicted molar refractivity (Wildman–Crippen MR) is 56.8 cm³/mol. The molecule has 0 bridgehead atoms. The van der Waals surface area contributed by atoms with E-state index >= 15 is 0 Å². The van der Waals surface area contributed by atoms with Gasteiger partial charge in [0.2, 0.25) is 0 Å². The molecule has 0 radical (unpaired) electrons. The van der Waals surface area contributed by atoms with Crippen molar-refractivity contribution in [2.45, 2.75) is 0 Å². The average molecular weight is 191 g/mol. The number of guanidine groups is 1. The molecule has 0 saturated carbocycles. The zero-order valence-electron chi connectivity index (χ0n) is 8.10. The van der Waals surface area contributed by atoms with Gasteiger partial charge in [-0.25, -0.2) is 0 Å². The van der Waals surface area contributed by atoms with Crippen LogP contribution in [0.2, 0.25) is 0 Å². The Bertz CT molecular complexity index is 345. The van der Waals surface area contributed by atoms with Gasteiger partial charge in [-0.3, -0.25) is 4.99 Å². The van der Waals surface area contributed by atoms with Crippen LogP contribution in [0, 0.1) is 0 Å². The number of hydrogen-bond acceptors (Lipinski definition) is 4. The van der Waals surface area contributed by atoms with Gasteiger partial charge in [0.1, 0.15) is 5.75 Å². The molecule has 1 aromatic carbocycles. The molecular weight excluding hydrogens is 178 g/mol. The average Bonchev–Trinajstić information content (AvgIpc) is 2.65. The van der Waals surface area contributed by atoms with Crippen LogP contribution >= 0.6 is 0 Å². The molecule has 0 aromatic heterocycles. The van der Waals surface area contributed by atoms with Crippen molar-refractivity contribution in [3.05, 3.63) is 24.3 Å². The third-order valence-corrected chi connectivity index (χ3v) is 2.26. The van der Waals surface area contributed by atoms with Crippen LogP contribution in [-0.2, 0) is 0 Å². The minimum absolute atomic E-state index is 0.593. The first kappa shape index (κ1) is 8.87. The molecule has 0 unspecified atom stereocenters. The van der Waals surface area contributed by atoms with Gasteiger partial charge in [0.25, 0.3) is 0 Å². The molecule has 1 aliphatic heterocycles. The molecular formula is C10H13N3O. The number of aliphatic imine (C=N–C) groups is 1. The Morgan fingerprint density at radius 3 is 2.57 bits per heavy atom. The standard InChI is InChI=1S/C10H13N3O/c1-14-9-4-2-8(3-5-9)13-7-6-12-10(13)11/h2-5H,6-7H2,1H3,(H2,11,12). The van der Waals surface area contributed by atoms with E-state index in [1.165, 1.54) is 0 Å². The van der Waals surface area contributed by atoms with Crippen LogP contribution < -0.4 is 15.4 Å². The van der Waals surface area contributed by atoms with Gasteiger partial charge in [-0.15, -0.1) is 0 Å². The van der Waals surface area contributed by atoms with Crippen molar-refractivity contribution >= 4 is 11.6 Å². The maximum absolute atomic E-state index is 5.73. The summed E-state index contributed by atoms with van der Waals surface area (Å²) in [5.41, 5.74) is 6.79. The highest BCUT2D eigenvalue weighted by Gasteiger charge is 2.14. The van der Waals surface area contributed by atoms with E-state index in [0.717, 1.165) is 24.5 Å². The second-order valence-corrected chi connectivity index (χ2v) is 3.09. The maximum Gasteiger partial charge on any atom is 0.195 e. The van der Waals surface area contributed by atoms with Crippen molar-refractivity contribution in [2.24, 2.45) is 10.7 Å². The number of rotatable bonds is 2. The lowest BCUT2D eigenvalue weighted by atomic mass is 10.3. The first-order chi connectivity index (χ1) is 6.81. The molecule has 0 fully saturated rings. The van der Waals surface area contributed by atoms with E-state index in [-0.39, 0.29) is 0 Å². The lowest BCUT2D eigenvalue weighted by Gasteiger charge is -2.17. The van der Waals surface area contributed by atoms with Gasteiger partial charge in [-0.05, 0) is 24.3 Å². The fourth-order valence-corrected chi connectivity index (χ4v) is 1.49. The molecule has 2 rings (SSSR count). The SMILES string of the molecule is COc1ccc(N2CCN=C2N)cc1. The van der Waals surface area contributed by atoms with Crippen LogP contribution in [0.15, 0.2) is 29.3 Å². The molecule has 0 spiro atoms. The first-order valence-electron chi connectivity index (χ1n) is 4.53. The molecule has 0 atom stereocenters. The van der Waals surface area contributed by atoms with Crippen LogP contribution in [-0.4, -0.2) is 26.2 Å². The molecule has 0 aliphatic carbocycles. The third-order valence-electron chi connectivity index (χ3n) is 2.26. The highest BCUT2D eigenvalue weighted by atomic mass is 16.5. The van der Waals surface area contributed by atoms with Crippen molar-refractivity contribution in [1.82, 2.24) is 0 Å². The van der Waals surface area contributed by atoms with Crippen LogP contribution in [0.25, 0.3) is 0 Å². The summed E-state index contributed by atoms with van der Waals surface area (Å²) in [6.45, 7) is 1.63. The molecule has 4 nitrogen and oxygen atoms in total. The van der Waals surface area contributed by atoms with E-state index in [1.54, 1.807) is 7.11 Å². The fraction of sp³-hybridized carbons (Fsp3) is 0.300. The zero-order chi connectivity index (χ0) is 9.97. The summed E-state index contributed by atoms with van der Waals surface area (Å²) < 4.78 is 5.08. The first-order valence-corrected chi connectivity index (χ1v) is 4.53. The van der Waals surface area contributed by atoms with Gasteiger partial charge in [-0.1, -0.05) is 0 Å². The van der Waals surface area contributed by atoms with Crippen molar-refractivity contribution in [3.63, 3.8) is 0 Å². The molecule has 2 N–H and O–H groups in total. The van der Waals surface area contributed by atoms with Crippen molar-refractivity contribution in [3.8, 4) is 5.75 Å². The molecule has 1 heterocycles. The summed E-state index contributed by atoms with van der Waals surface area (Å²) in [5.74, 6) is 1.44. The van der Waals surface area contributed by atoms with E-state index in [1.807, 2.05) is 29.2 Å². The predicted octanol–water partition coefficient (Wildman–Crippen LogP) is 0.830. The van der Waals surface area contributed by atoms with Crippen LogP contribution in [0.4, 0.5) is 5.69 Å². The molecule has 74 valence electrons. The second-order valence-electron chi connectivity index (χ2n) is 3.09. The minimum atomic E-state index is 0.593. The highest BCUT2D eigenvalue weighted by molar-refractivity contribution is 5.96. The summed E-state index contributed by atoms with van der Waals surface area (Å²) in [4.78, 5) is 6.11. The topological polar surface area (TPSA) is 50.8 Å². The maximum atomic E-state index is 5.73. The van der Waals surface area contributed by atoms with Crippen molar-refractivity contribution in [1.29, 1.82) is 0 Å². The van der Waals surface area contributed by atoms with E-state index in [4.69, 9.17) is 10.5 Å². The molecule has 0 saturated heterocycles. The third kappa shape index (κ3) is 1.51. The van der Waals surface area contributed by atoms with Crippen LogP contribution in [0.1, 0.15) is 0 Å². The summed E-state index contributed by atoms with van der Waals surface area (Å²) in [6, 6.07) is 7.79. The summed E-state index contributed by atoms with van der Waals surface area (Å²) in [5, 5.41) is 0. The monoisotopic (exact) mass is 191 g/mol. The summed E-state index contributed by atoms with van der Waals surface area (Å²) >= 11 is 0. The second kappa shape index (κ2) is 3.57. The van der Waals surface area contributed by atoms with Gasteiger partial charge in [0.05, 0.1) is 13.7 Å². The lowest BCUT2D eigenvalue weighted by molar-refractivity contribution is 0.415. The largest absolute Gasteiger partial charge is 0.497 e. The number of nitrogens with zero attached hydrogens (tertiary/aromatic N) is 2. The molecule has 14 heavy (non-hydrogen) atoms. The van der Waals surface area contributed by atoms with Gasteiger partial charge in [0, 0.05) is 12.2 Å². The number of methoxy groups -OCH3 is 1. The number of nitrogens with two attached hydrogens (primary N) is 1. The zero-order valence-corrected chi connectivity index (χ0v) is 8.10. The van der Waals surface area contributed by atoms with Crippen molar-refractivity contribution in [2.75, 3.05) is 25.1 Å². The molecule has 1 aromatic rings. The minimum Gasteiger partial charge on any atom is -0.497 e. The number of benzene rings is 1. The Kier molecular flexibility index (Phi) is 2.26. The molecule has 1 aliphatic rings. The normalized spacial score (nSPS) is 15.5. The highest BCUT2D eigenvalue weighted by Crippen LogP contribution is 2.20. The quantitative estimate of drug-likeness (QED) is 0.753. The number of anilines is 1. The van der Waals surface area contributed by atoms with Crippen molar-refractivity contribution < 1.29 is 4.74 Å². The molecule has 4 heteroatoms. The van der Waals surface area contributed by atoms with Crippen LogP contribution in [0.5, 0.6) is 5.75 Å². The fourth-order valence-electron chi connectivity index (χ4n) is 1.49. The van der Waals surface area contributed by atoms with E-state index in [9.17, 15) is 0 Å². The Morgan fingerprint density at radius 1 is 1.36 bits per heavy atom. The smallest absolute Gasteiger partial charge is 0.195 e. The van der Waals surface area contributed by atoms with E-state index in [0.29, 0.717) is 5.96 Å². The summed E-state index contributed by atoms with van der Waals surface area (Å²) in [7, 11) is 1.65. The van der Waals surface area contributed by atoms with E-state index < -0.39 is 0 Å². The molecule has 0 amide bonds. The lowest BCUT2D eigenvalue weighted by Crippen LogP contribution is -2.33. The summed E-state index contributed by atoms with van der Waals surface area (Å²) in [6.07, 6.45) is 0.